The van der Waals surface area contributed by atoms with E-state index in [0.717, 1.165) is 0 Å². The van der Waals surface area contributed by atoms with Gasteiger partial charge < -0.3 is 9.47 Å². The minimum atomic E-state index is -3.75. The molecule has 2 heterocycles. The van der Waals surface area contributed by atoms with E-state index in [1.807, 2.05) is 6.07 Å². The van der Waals surface area contributed by atoms with Gasteiger partial charge in [0, 0.05) is 18.9 Å². The van der Waals surface area contributed by atoms with Gasteiger partial charge in [-0.25, -0.2) is 23.2 Å². The number of carbonyl (C=O) groups is 1. The summed E-state index contributed by atoms with van der Waals surface area (Å²) < 4.78 is 37.6. The van der Waals surface area contributed by atoms with Crippen molar-refractivity contribution in [1.29, 1.82) is 5.26 Å². The van der Waals surface area contributed by atoms with Crippen LogP contribution in [-0.2, 0) is 14.8 Å². The minimum absolute atomic E-state index is 0.0564. The van der Waals surface area contributed by atoms with Gasteiger partial charge in [0.25, 0.3) is 5.88 Å². The van der Waals surface area contributed by atoms with Gasteiger partial charge in [-0.2, -0.15) is 9.57 Å². The largest absolute Gasteiger partial charge is 0.471 e. The summed E-state index contributed by atoms with van der Waals surface area (Å²) in [7, 11) is -2.49. The number of nitriles is 1. The highest BCUT2D eigenvalue weighted by atomic mass is 32.2. The maximum absolute atomic E-state index is 12.9. The zero-order valence-electron chi connectivity index (χ0n) is 15.1. The molecule has 3 rings (SSSR count). The topological polar surface area (TPSA) is 122 Å². The van der Waals surface area contributed by atoms with Gasteiger partial charge in [0.05, 0.1) is 24.1 Å². The maximum Gasteiger partial charge on any atom is 0.337 e. The van der Waals surface area contributed by atoms with E-state index in [1.54, 1.807) is 0 Å². The minimum Gasteiger partial charge on any atom is -0.471 e. The van der Waals surface area contributed by atoms with Gasteiger partial charge in [0.15, 0.2) is 0 Å². The Labute approximate surface area is 162 Å². The number of nitrogens with zero attached hydrogens (tertiary/aromatic N) is 4. The quantitative estimate of drug-likeness (QED) is 0.687. The van der Waals surface area contributed by atoms with Gasteiger partial charge in [-0.1, -0.05) is 0 Å². The predicted octanol–water partition coefficient (Wildman–Crippen LogP) is 1.37. The van der Waals surface area contributed by atoms with Crippen LogP contribution in [0.1, 0.15) is 28.9 Å². The summed E-state index contributed by atoms with van der Waals surface area (Å²) in [4.78, 5) is 19.5. The third kappa shape index (κ3) is 4.11. The van der Waals surface area contributed by atoms with E-state index in [4.69, 9.17) is 10.00 Å². The first-order valence-corrected chi connectivity index (χ1v) is 9.96. The molecule has 146 valence electrons. The molecule has 1 saturated heterocycles. The van der Waals surface area contributed by atoms with Crippen molar-refractivity contribution in [3.8, 4) is 11.9 Å². The maximum atomic E-state index is 12.9. The van der Waals surface area contributed by atoms with Gasteiger partial charge in [0.1, 0.15) is 12.2 Å². The number of rotatable bonds is 5. The molecule has 1 aromatic heterocycles. The smallest absolute Gasteiger partial charge is 0.337 e. The molecule has 10 heteroatoms. The van der Waals surface area contributed by atoms with Crippen LogP contribution in [0.15, 0.2) is 41.6 Å². The normalized spacial score (nSPS) is 17.5. The van der Waals surface area contributed by atoms with Crippen molar-refractivity contribution in [1.82, 2.24) is 14.3 Å². The Bertz CT molecular complexity index is 1000. The highest BCUT2D eigenvalue weighted by molar-refractivity contribution is 7.89. The number of carbonyl (C=O) groups excluding carboxylic acids is 1. The Morgan fingerprint density at radius 3 is 2.64 bits per heavy atom. The second kappa shape index (κ2) is 8.33. The van der Waals surface area contributed by atoms with E-state index in [2.05, 4.69) is 14.7 Å². The Morgan fingerprint density at radius 2 is 1.96 bits per heavy atom. The molecule has 1 unspecified atom stereocenters. The lowest BCUT2D eigenvalue weighted by Gasteiger charge is -2.31. The molecule has 9 nitrogen and oxygen atoms in total. The fourth-order valence-electron chi connectivity index (χ4n) is 2.90. The van der Waals surface area contributed by atoms with E-state index < -0.39 is 22.1 Å². The SMILES string of the molecule is COC(=O)c1ccc(S(=O)(=O)N2CCCC(Oc3nccnc3C#N)C2)cc1. The molecule has 0 radical (unpaired) electrons. The monoisotopic (exact) mass is 402 g/mol. The molecule has 0 aliphatic carbocycles. The van der Waals surface area contributed by atoms with Crippen LogP contribution in [0.3, 0.4) is 0 Å². The summed E-state index contributed by atoms with van der Waals surface area (Å²) in [5.41, 5.74) is 0.328. The fraction of sp³-hybridized carbons (Fsp3) is 0.333. The van der Waals surface area contributed by atoms with Crippen LogP contribution in [0, 0.1) is 11.3 Å². The van der Waals surface area contributed by atoms with Gasteiger partial charge in [-0.3, -0.25) is 0 Å². The molecule has 1 aliphatic heterocycles. The van der Waals surface area contributed by atoms with Crippen LogP contribution in [0.25, 0.3) is 0 Å². The van der Waals surface area contributed by atoms with Crippen molar-refractivity contribution in [3.63, 3.8) is 0 Å². The third-order valence-electron chi connectivity index (χ3n) is 4.30. The van der Waals surface area contributed by atoms with Crippen molar-refractivity contribution in [3.05, 3.63) is 47.9 Å². The number of ether oxygens (including phenoxy) is 2. The summed E-state index contributed by atoms with van der Waals surface area (Å²) in [6, 6.07) is 7.48. The number of benzene rings is 1. The van der Waals surface area contributed by atoms with Crippen LogP contribution >= 0.6 is 0 Å². The first-order valence-electron chi connectivity index (χ1n) is 8.52. The number of hydrogen-bond acceptors (Lipinski definition) is 8. The lowest BCUT2D eigenvalue weighted by Crippen LogP contribution is -2.44. The molecule has 1 aromatic carbocycles. The number of piperidine rings is 1. The number of hydrogen-bond donors (Lipinski definition) is 0. The zero-order chi connectivity index (χ0) is 20.1. The van der Waals surface area contributed by atoms with Crippen molar-refractivity contribution >= 4 is 16.0 Å². The molecular weight excluding hydrogens is 384 g/mol. The predicted molar refractivity (Wildman–Crippen MR) is 96.9 cm³/mol. The van der Waals surface area contributed by atoms with Gasteiger partial charge in [-0.15, -0.1) is 0 Å². The molecule has 1 aliphatic rings. The van der Waals surface area contributed by atoms with Crippen molar-refractivity contribution < 1.29 is 22.7 Å². The number of sulfonamides is 1. The third-order valence-corrected chi connectivity index (χ3v) is 6.18. The summed E-state index contributed by atoms with van der Waals surface area (Å²) in [6.45, 7) is 0.481. The van der Waals surface area contributed by atoms with Crippen molar-refractivity contribution in [2.24, 2.45) is 0 Å². The van der Waals surface area contributed by atoms with E-state index >= 15 is 0 Å². The van der Waals surface area contributed by atoms with Crippen molar-refractivity contribution in [2.45, 2.75) is 23.8 Å². The molecule has 0 N–H and O–H groups in total. The highest BCUT2D eigenvalue weighted by Crippen LogP contribution is 2.24. The van der Waals surface area contributed by atoms with Crippen LogP contribution in [-0.4, -0.2) is 55.0 Å². The molecule has 28 heavy (non-hydrogen) atoms. The second-order valence-electron chi connectivity index (χ2n) is 6.08. The lowest BCUT2D eigenvalue weighted by atomic mass is 10.1. The van der Waals surface area contributed by atoms with E-state index in [-0.39, 0.29) is 28.6 Å². The zero-order valence-corrected chi connectivity index (χ0v) is 15.9. The fourth-order valence-corrected chi connectivity index (χ4v) is 4.41. The van der Waals surface area contributed by atoms with E-state index in [9.17, 15) is 13.2 Å². The van der Waals surface area contributed by atoms with Gasteiger partial charge in [-0.05, 0) is 37.1 Å². The highest BCUT2D eigenvalue weighted by Gasteiger charge is 2.32. The van der Waals surface area contributed by atoms with Crippen LogP contribution < -0.4 is 4.74 Å². The molecule has 1 atom stereocenters. The molecule has 0 saturated carbocycles. The summed E-state index contributed by atoms with van der Waals surface area (Å²) in [5, 5.41) is 9.09. The van der Waals surface area contributed by atoms with Gasteiger partial charge >= 0.3 is 5.97 Å². The molecule has 1 fully saturated rings. The molecule has 2 aromatic rings. The summed E-state index contributed by atoms with van der Waals surface area (Å²) in [5.74, 6) is -0.440. The first kappa shape index (κ1) is 19.7. The Kier molecular flexibility index (Phi) is 5.87. The van der Waals surface area contributed by atoms with Crippen LogP contribution in [0.2, 0.25) is 0 Å². The average molecular weight is 402 g/mol. The van der Waals surface area contributed by atoms with Crippen molar-refractivity contribution in [2.75, 3.05) is 20.2 Å². The second-order valence-corrected chi connectivity index (χ2v) is 8.02. The lowest BCUT2D eigenvalue weighted by molar-refractivity contribution is 0.0600. The summed E-state index contributed by atoms with van der Waals surface area (Å²) >= 11 is 0. The number of esters is 1. The standard InChI is InChI=1S/C18H18N4O5S/c1-26-18(23)13-4-6-15(7-5-13)28(24,25)22-10-2-3-14(12-22)27-17-16(11-19)20-8-9-21-17/h4-9,14H,2-3,10,12H2,1H3. The average Bonchev–Trinajstić information content (AvgIpc) is 2.74. The van der Waals surface area contributed by atoms with E-state index in [0.29, 0.717) is 19.4 Å². The number of aromatic nitrogens is 2. The summed E-state index contributed by atoms with van der Waals surface area (Å²) in [6.07, 6.45) is 3.60. The molecule has 0 spiro atoms. The molecule has 0 bridgehead atoms. The molecule has 0 amide bonds. The molecular formula is C18H18N4O5S. The van der Waals surface area contributed by atoms with Crippen LogP contribution in [0.4, 0.5) is 0 Å². The first-order chi connectivity index (χ1) is 13.5. The number of methoxy groups -OCH3 is 1. The Morgan fingerprint density at radius 1 is 1.25 bits per heavy atom. The van der Waals surface area contributed by atoms with Gasteiger partial charge in [0.2, 0.25) is 15.7 Å². The Hall–Kier alpha value is -3.03. The van der Waals surface area contributed by atoms with E-state index in [1.165, 1.54) is 48.1 Å². The Balaban J connectivity index is 1.75. The van der Waals surface area contributed by atoms with Crippen LogP contribution in [0.5, 0.6) is 5.88 Å².